The van der Waals surface area contributed by atoms with Gasteiger partial charge in [0.2, 0.25) is 0 Å². The molecule has 4 heteroatoms. The molecule has 0 atom stereocenters. The molecule has 0 aliphatic rings. The van der Waals surface area contributed by atoms with E-state index in [1.165, 1.54) is 0 Å². The Balaban J connectivity index is 1.66. The van der Waals surface area contributed by atoms with Crippen molar-refractivity contribution in [1.29, 1.82) is 0 Å². The number of aromatic amines is 1. The van der Waals surface area contributed by atoms with E-state index in [0.717, 1.165) is 33.9 Å². The van der Waals surface area contributed by atoms with E-state index in [0.29, 0.717) is 5.69 Å². The standard InChI is InChI=1S/C19H15N3O/c20-14-8-10-15(11-9-14)23-16-5-3-4-13(12-16)19-21-17-6-1-2-7-18(17)22-19/h1-12H,20H2,(H,21,22). The summed E-state index contributed by atoms with van der Waals surface area (Å²) in [5.74, 6) is 2.34. The second-order valence-electron chi connectivity index (χ2n) is 5.30. The van der Waals surface area contributed by atoms with Crippen LogP contribution in [0.1, 0.15) is 0 Å². The number of nitrogens with one attached hydrogen (secondary N) is 1. The van der Waals surface area contributed by atoms with Gasteiger partial charge in [-0.15, -0.1) is 0 Å². The molecule has 0 amide bonds. The van der Waals surface area contributed by atoms with Crippen LogP contribution in [0.15, 0.2) is 72.8 Å². The molecule has 1 aromatic heterocycles. The fraction of sp³-hybridized carbons (Fsp3) is 0. The predicted molar refractivity (Wildman–Crippen MR) is 92.5 cm³/mol. The predicted octanol–water partition coefficient (Wildman–Crippen LogP) is 4.60. The van der Waals surface area contributed by atoms with Crippen LogP contribution in [0.25, 0.3) is 22.4 Å². The second-order valence-corrected chi connectivity index (χ2v) is 5.30. The Morgan fingerprint density at radius 3 is 2.48 bits per heavy atom. The highest BCUT2D eigenvalue weighted by Crippen LogP contribution is 2.27. The molecule has 23 heavy (non-hydrogen) atoms. The van der Waals surface area contributed by atoms with E-state index >= 15 is 0 Å². The number of hydrogen-bond acceptors (Lipinski definition) is 3. The maximum Gasteiger partial charge on any atom is 0.138 e. The molecule has 4 rings (SSSR count). The van der Waals surface area contributed by atoms with Crippen LogP contribution in [0.4, 0.5) is 5.69 Å². The van der Waals surface area contributed by atoms with Gasteiger partial charge in [-0.3, -0.25) is 0 Å². The van der Waals surface area contributed by atoms with Crippen molar-refractivity contribution < 1.29 is 4.74 Å². The molecule has 0 aliphatic heterocycles. The maximum absolute atomic E-state index is 5.87. The summed E-state index contributed by atoms with van der Waals surface area (Å²) >= 11 is 0. The first-order chi connectivity index (χ1) is 11.3. The van der Waals surface area contributed by atoms with Crippen molar-refractivity contribution in [3.63, 3.8) is 0 Å². The van der Waals surface area contributed by atoms with Crippen molar-refractivity contribution in [1.82, 2.24) is 9.97 Å². The Labute approximate surface area is 133 Å². The summed E-state index contributed by atoms with van der Waals surface area (Å²) in [7, 11) is 0. The minimum Gasteiger partial charge on any atom is -0.457 e. The number of nitrogen functional groups attached to an aromatic ring is 1. The number of nitrogens with two attached hydrogens (primary N) is 1. The number of H-pyrrole nitrogens is 1. The number of rotatable bonds is 3. The zero-order valence-corrected chi connectivity index (χ0v) is 12.4. The molecule has 3 aromatic carbocycles. The number of anilines is 1. The van der Waals surface area contributed by atoms with Crippen LogP contribution in [-0.2, 0) is 0 Å². The highest BCUT2D eigenvalue weighted by atomic mass is 16.5. The molecule has 112 valence electrons. The molecular weight excluding hydrogens is 286 g/mol. The molecule has 0 spiro atoms. The van der Waals surface area contributed by atoms with E-state index in [-0.39, 0.29) is 0 Å². The molecule has 0 unspecified atom stereocenters. The second kappa shape index (κ2) is 5.50. The normalized spacial score (nSPS) is 10.8. The topological polar surface area (TPSA) is 63.9 Å². The van der Waals surface area contributed by atoms with Crippen molar-refractivity contribution in [2.75, 3.05) is 5.73 Å². The summed E-state index contributed by atoms with van der Waals surface area (Å²) in [4.78, 5) is 7.94. The summed E-state index contributed by atoms with van der Waals surface area (Å²) in [5, 5.41) is 0. The highest BCUT2D eigenvalue weighted by molar-refractivity contribution is 5.79. The summed E-state index contributed by atoms with van der Waals surface area (Å²) < 4.78 is 5.87. The maximum atomic E-state index is 5.87. The lowest BCUT2D eigenvalue weighted by molar-refractivity contribution is 0.483. The number of fused-ring (bicyclic) bond motifs is 1. The zero-order valence-electron chi connectivity index (χ0n) is 12.4. The van der Waals surface area contributed by atoms with E-state index < -0.39 is 0 Å². The zero-order chi connectivity index (χ0) is 15.6. The van der Waals surface area contributed by atoms with Gasteiger partial charge in [-0.2, -0.15) is 0 Å². The number of imidazole rings is 1. The summed E-state index contributed by atoms with van der Waals surface area (Å²) in [6, 6.07) is 23.2. The summed E-state index contributed by atoms with van der Waals surface area (Å²) in [5.41, 5.74) is 9.36. The number of ether oxygens (including phenoxy) is 1. The van der Waals surface area contributed by atoms with Crippen LogP contribution in [0.3, 0.4) is 0 Å². The van der Waals surface area contributed by atoms with Gasteiger partial charge in [0.05, 0.1) is 11.0 Å². The molecule has 1 heterocycles. The van der Waals surface area contributed by atoms with E-state index in [1.807, 2.05) is 72.8 Å². The Morgan fingerprint density at radius 2 is 1.65 bits per heavy atom. The van der Waals surface area contributed by atoms with Crippen molar-refractivity contribution >= 4 is 16.7 Å². The van der Waals surface area contributed by atoms with Gasteiger partial charge in [0, 0.05) is 11.3 Å². The van der Waals surface area contributed by atoms with Gasteiger partial charge in [0.15, 0.2) is 0 Å². The van der Waals surface area contributed by atoms with Crippen LogP contribution in [0.2, 0.25) is 0 Å². The first-order valence-electron chi connectivity index (χ1n) is 7.36. The number of benzene rings is 3. The lowest BCUT2D eigenvalue weighted by Crippen LogP contribution is -1.87. The molecule has 4 aromatic rings. The lowest BCUT2D eigenvalue weighted by Gasteiger charge is -2.07. The largest absolute Gasteiger partial charge is 0.457 e. The third-order valence-corrected chi connectivity index (χ3v) is 3.61. The first kappa shape index (κ1) is 13.4. The van der Waals surface area contributed by atoms with Crippen LogP contribution in [0.5, 0.6) is 11.5 Å². The van der Waals surface area contributed by atoms with Crippen molar-refractivity contribution in [3.8, 4) is 22.9 Å². The minimum atomic E-state index is 0.716. The Hall–Kier alpha value is -3.27. The van der Waals surface area contributed by atoms with Gasteiger partial charge in [-0.05, 0) is 48.5 Å². The number of aromatic nitrogens is 2. The average Bonchev–Trinajstić information content (AvgIpc) is 3.01. The van der Waals surface area contributed by atoms with E-state index in [2.05, 4.69) is 9.97 Å². The number of hydrogen-bond donors (Lipinski definition) is 2. The fourth-order valence-electron chi connectivity index (χ4n) is 2.47. The molecule has 0 fully saturated rings. The average molecular weight is 301 g/mol. The first-order valence-corrected chi connectivity index (χ1v) is 7.36. The molecule has 3 N–H and O–H groups in total. The Morgan fingerprint density at radius 1 is 0.826 bits per heavy atom. The van der Waals surface area contributed by atoms with Gasteiger partial charge in [0.1, 0.15) is 17.3 Å². The molecule has 0 aliphatic carbocycles. The van der Waals surface area contributed by atoms with Crippen molar-refractivity contribution in [2.24, 2.45) is 0 Å². The fourth-order valence-corrected chi connectivity index (χ4v) is 2.47. The quantitative estimate of drug-likeness (QED) is 0.543. The van der Waals surface area contributed by atoms with Crippen LogP contribution >= 0.6 is 0 Å². The number of nitrogens with zero attached hydrogens (tertiary/aromatic N) is 1. The highest BCUT2D eigenvalue weighted by Gasteiger charge is 2.06. The van der Waals surface area contributed by atoms with E-state index in [1.54, 1.807) is 0 Å². The van der Waals surface area contributed by atoms with E-state index in [4.69, 9.17) is 10.5 Å². The van der Waals surface area contributed by atoms with E-state index in [9.17, 15) is 0 Å². The summed E-state index contributed by atoms with van der Waals surface area (Å²) in [6.07, 6.45) is 0. The van der Waals surface area contributed by atoms with Crippen LogP contribution < -0.4 is 10.5 Å². The SMILES string of the molecule is Nc1ccc(Oc2cccc(-c3nc4ccccc4[nH]3)c2)cc1. The van der Waals surface area contributed by atoms with Crippen molar-refractivity contribution in [3.05, 3.63) is 72.8 Å². The van der Waals surface area contributed by atoms with Gasteiger partial charge in [-0.1, -0.05) is 24.3 Å². The third kappa shape index (κ3) is 2.74. The molecular formula is C19H15N3O. The number of para-hydroxylation sites is 2. The van der Waals surface area contributed by atoms with Gasteiger partial charge in [-0.25, -0.2) is 4.98 Å². The summed E-state index contributed by atoms with van der Waals surface area (Å²) in [6.45, 7) is 0. The Bertz CT molecular complexity index is 925. The van der Waals surface area contributed by atoms with Gasteiger partial charge in [0.25, 0.3) is 0 Å². The lowest BCUT2D eigenvalue weighted by atomic mass is 10.2. The van der Waals surface area contributed by atoms with Crippen molar-refractivity contribution in [2.45, 2.75) is 0 Å². The van der Waals surface area contributed by atoms with Crippen LogP contribution in [-0.4, -0.2) is 9.97 Å². The third-order valence-electron chi connectivity index (χ3n) is 3.61. The molecule has 0 bridgehead atoms. The molecule has 0 saturated carbocycles. The smallest absolute Gasteiger partial charge is 0.138 e. The molecule has 0 radical (unpaired) electrons. The Kier molecular flexibility index (Phi) is 3.20. The van der Waals surface area contributed by atoms with Gasteiger partial charge >= 0.3 is 0 Å². The molecule has 0 saturated heterocycles. The monoisotopic (exact) mass is 301 g/mol. The molecule has 4 nitrogen and oxygen atoms in total. The van der Waals surface area contributed by atoms with Crippen LogP contribution in [0, 0.1) is 0 Å². The van der Waals surface area contributed by atoms with Gasteiger partial charge < -0.3 is 15.5 Å². The minimum absolute atomic E-state index is 0.716.